The fourth-order valence-corrected chi connectivity index (χ4v) is 1.64. The van der Waals surface area contributed by atoms with Gasteiger partial charge in [-0.2, -0.15) is 4.98 Å². The maximum absolute atomic E-state index is 13.5. The molecule has 0 radical (unpaired) electrons. The Morgan fingerprint density at radius 2 is 2.24 bits per heavy atom. The maximum atomic E-state index is 13.5. The van der Waals surface area contributed by atoms with Crippen LogP contribution in [0.2, 0.25) is 0 Å². The van der Waals surface area contributed by atoms with E-state index in [1.165, 1.54) is 12.5 Å². The molecule has 0 fully saturated rings. The van der Waals surface area contributed by atoms with Gasteiger partial charge in [0.2, 0.25) is 6.39 Å². The smallest absolute Gasteiger partial charge is 0.213 e. The van der Waals surface area contributed by atoms with Crippen LogP contribution in [0, 0.1) is 5.82 Å². The summed E-state index contributed by atoms with van der Waals surface area (Å²) in [6, 6.07) is 6.72. The van der Waals surface area contributed by atoms with E-state index in [2.05, 4.69) is 20.0 Å². The molecule has 1 N–H and O–H groups in total. The number of aromatic nitrogens is 2. The molecule has 1 unspecified atom stereocenters. The number of nitrogens with one attached hydrogen (secondary N) is 1. The third-order valence-electron chi connectivity index (χ3n) is 2.58. The third-order valence-corrected chi connectivity index (χ3v) is 2.58. The molecule has 0 aliphatic carbocycles. The van der Waals surface area contributed by atoms with Crippen LogP contribution >= 0.6 is 0 Å². The van der Waals surface area contributed by atoms with E-state index in [9.17, 15) is 4.39 Å². The van der Waals surface area contributed by atoms with Crippen LogP contribution in [0.1, 0.15) is 24.4 Å². The molecule has 0 bridgehead atoms. The molecule has 1 aromatic heterocycles. The zero-order chi connectivity index (χ0) is 12.1. The highest BCUT2D eigenvalue weighted by Gasteiger charge is 2.09. The average molecular weight is 235 g/mol. The summed E-state index contributed by atoms with van der Waals surface area (Å²) in [5.74, 6) is 0.463. The molecule has 5 heteroatoms. The van der Waals surface area contributed by atoms with Crippen LogP contribution in [0.3, 0.4) is 0 Å². The molecule has 0 aliphatic heterocycles. The summed E-state index contributed by atoms with van der Waals surface area (Å²) in [7, 11) is 0. The van der Waals surface area contributed by atoms with Crippen LogP contribution in [0.5, 0.6) is 0 Å². The van der Waals surface area contributed by atoms with Crippen molar-refractivity contribution in [3.05, 3.63) is 47.9 Å². The van der Waals surface area contributed by atoms with Gasteiger partial charge in [0.1, 0.15) is 5.82 Å². The second kappa shape index (κ2) is 5.54. The lowest BCUT2D eigenvalue weighted by Crippen LogP contribution is -2.22. The topological polar surface area (TPSA) is 51.0 Å². The number of rotatable bonds is 5. The second-order valence-electron chi connectivity index (χ2n) is 3.79. The molecule has 0 aliphatic rings. The van der Waals surface area contributed by atoms with Crippen molar-refractivity contribution in [2.45, 2.75) is 19.4 Å². The minimum Gasteiger partial charge on any atom is -0.343 e. The van der Waals surface area contributed by atoms with E-state index < -0.39 is 0 Å². The first-order chi connectivity index (χ1) is 8.27. The first-order valence-electron chi connectivity index (χ1n) is 5.50. The molecule has 1 aromatic carbocycles. The predicted octanol–water partition coefficient (Wildman–Crippen LogP) is 2.10. The Hall–Kier alpha value is -1.75. The Bertz CT molecular complexity index is 459. The summed E-state index contributed by atoms with van der Waals surface area (Å²) < 4.78 is 18.1. The van der Waals surface area contributed by atoms with E-state index in [-0.39, 0.29) is 11.9 Å². The number of benzene rings is 1. The summed E-state index contributed by atoms with van der Waals surface area (Å²) in [5, 5.41) is 6.92. The minimum atomic E-state index is -0.188. The van der Waals surface area contributed by atoms with Crippen LogP contribution in [-0.4, -0.2) is 16.7 Å². The Labute approximate surface area is 98.8 Å². The highest BCUT2D eigenvalue weighted by molar-refractivity contribution is 5.20. The quantitative estimate of drug-likeness (QED) is 0.862. The summed E-state index contributed by atoms with van der Waals surface area (Å²) in [6.07, 6.45) is 1.96. The summed E-state index contributed by atoms with van der Waals surface area (Å²) in [4.78, 5) is 3.91. The van der Waals surface area contributed by atoms with Gasteiger partial charge >= 0.3 is 0 Å². The highest BCUT2D eigenvalue weighted by atomic mass is 19.1. The van der Waals surface area contributed by atoms with Crippen molar-refractivity contribution in [2.24, 2.45) is 0 Å². The van der Waals surface area contributed by atoms with E-state index in [0.717, 1.165) is 0 Å². The van der Waals surface area contributed by atoms with Gasteiger partial charge < -0.3 is 9.84 Å². The molecule has 0 amide bonds. The van der Waals surface area contributed by atoms with Crippen LogP contribution in [0.4, 0.5) is 4.39 Å². The van der Waals surface area contributed by atoms with Gasteiger partial charge in [0.25, 0.3) is 0 Å². The lowest BCUT2D eigenvalue weighted by Gasteiger charge is -2.14. The Kier molecular flexibility index (Phi) is 3.82. The fourth-order valence-electron chi connectivity index (χ4n) is 1.64. The number of halogens is 1. The zero-order valence-corrected chi connectivity index (χ0v) is 9.56. The monoisotopic (exact) mass is 235 g/mol. The van der Waals surface area contributed by atoms with E-state index in [1.807, 2.05) is 13.0 Å². The van der Waals surface area contributed by atoms with Crippen LogP contribution in [0.25, 0.3) is 0 Å². The molecule has 1 atom stereocenters. The predicted molar refractivity (Wildman–Crippen MR) is 60.8 cm³/mol. The lowest BCUT2D eigenvalue weighted by molar-refractivity contribution is 0.408. The SMILES string of the molecule is CC(NCCc1ncon1)c1ccccc1F. The van der Waals surface area contributed by atoms with E-state index >= 15 is 0 Å². The Morgan fingerprint density at radius 1 is 1.41 bits per heavy atom. The Balaban J connectivity index is 1.85. The van der Waals surface area contributed by atoms with Crippen molar-refractivity contribution in [1.82, 2.24) is 15.5 Å². The van der Waals surface area contributed by atoms with Crippen molar-refractivity contribution in [3.8, 4) is 0 Å². The van der Waals surface area contributed by atoms with Gasteiger partial charge in [-0.3, -0.25) is 0 Å². The number of nitrogens with zero attached hydrogens (tertiary/aromatic N) is 2. The molecule has 0 saturated carbocycles. The minimum absolute atomic E-state index is 0.0388. The first-order valence-corrected chi connectivity index (χ1v) is 5.50. The molecule has 2 aromatic rings. The average Bonchev–Trinajstić information content (AvgIpc) is 2.82. The van der Waals surface area contributed by atoms with Crippen LogP contribution in [0.15, 0.2) is 35.2 Å². The van der Waals surface area contributed by atoms with Crippen molar-refractivity contribution >= 4 is 0 Å². The molecule has 1 heterocycles. The summed E-state index contributed by atoms with van der Waals surface area (Å²) >= 11 is 0. The van der Waals surface area contributed by atoms with Gasteiger partial charge in [-0.25, -0.2) is 4.39 Å². The van der Waals surface area contributed by atoms with E-state index in [0.29, 0.717) is 24.4 Å². The van der Waals surface area contributed by atoms with Gasteiger partial charge in [0, 0.05) is 24.6 Å². The molecule has 4 nitrogen and oxygen atoms in total. The second-order valence-corrected chi connectivity index (χ2v) is 3.79. The standard InChI is InChI=1S/C12H14FN3O/c1-9(10-4-2-3-5-11(10)13)14-7-6-12-15-8-17-16-12/h2-5,8-9,14H,6-7H2,1H3. The van der Waals surface area contributed by atoms with Gasteiger partial charge in [-0.15, -0.1) is 0 Å². The van der Waals surface area contributed by atoms with Crippen molar-refractivity contribution in [1.29, 1.82) is 0 Å². The Morgan fingerprint density at radius 3 is 2.94 bits per heavy atom. The maximum Gasteiger partial charge on any atom is 0.213 e. The third kappa shape index (κ3) is 3.10. The molecule has 0 saturated heterocycles. The zero-order valence-electron chi connectivity index (χ0n) is 9.56. The molecule has 0 spiro atoms. The first kappa shape index (κ1) is 11.7. The highest BCUT2D eigenvalue weighted by Crippen LogP contribution is 2.15. The van der Waals surface area contributed by atoms with Gasteiger partial charge in [0.05, 0.1) is 0 Å². The van der Waals surface area contributed by atoms with Crippen molar-refractivity contribution in [3.63, 3.8) is 0 Å². The summed E-state index contributed by atoms with van der Waals surface area (Å²) in [6.45, 7) is 2.60. The van der Waals surface area contributed by atoms with Gasteiger partial charge in [0.15, 0.2) is 5.82 Å². The molecule has 90 valence electrons. The molecule has 17 heavy (non-hydrogen) atoms. The molecule has 2 rings (SSSR count). The summed E-state index contributed by atoms with van der Waals surface area (Å²) in [5.41, 5.74) is 0.667. The van der Waals surface area contributed by atoms with Crippen LogP contribution < -0.4 is 5.32 Å². The fraction of sp³-hybridized carbons (Fsp3) is 0.333. The number of hydrogen-bond donors (Lipinski definition) is 1. The lowest BCUT2D eigenvalue weighted by atomic mass is 10.1. The van der Waals surface area contributed by atoms with Gasteiger partial charge in [-0.05, 0) is 13.0 Å². The number of hydrogen-bond acceptors (Lipinski definition) is 4. The van der Waals surface area contributed by atoms with Crippen LogP contribution in [-0.2, 0) is 6.42 Å². The van der Waals surface area contributed by atoms with Crippen molar-refractivity contribution in [2.75, 3.05) is 6.54 Å². The van der Waals surface area contributed by atoms with E-state index in [4.69, 9.17) is 0 Å². The van der Waals surface area contributed by atoms with Gasteiger partial charge in [-0.1, -0.05) is 23.4 Å². The molecular formula is C12H14FN3O. The van der Waals surface area contributed by atoms with E-state index in [1.54, 1.807) is 12.1 Å². The largest absolute Gasteiger partial charge is 0.343 e. The normalized spacial score (nSPS) is 12.6. The molecular weight excluding hydrogens is 221 g/mol. The van der Waals surface area contributed by atoms with Crippen molar-refractivity contribution < 1.29 is 8.91 Å².